The van der Waals surface area contributed by atoms with Gasteiger partial charge in [0.1, 0.15) is 0 Å². The maximum absolute atomic E-state index is 4.55. The quantitative estimate of drug-likeness (QED) is 0.753. The van der Waals surface area contributed by atoms with E-state index in [1.807, 2.05) is 6.34 Å². The number of rotatable bonds is 2. The average Bonchev–Trinajstić information content (AvgIpc) is 2.83. The summed E-state index contributed by atoms with van der Waals surface area (Å²) >= 11 is 0. The van der Waals surface area contributed by atoms with Gasteiger partial charge in [-0.3, -0.25) is 0 Å². The lowest BCUT2D eigenvalue weighted by Crippen LogP contribution is -2.34. The molecule has 0 radical (unpaired) electrons. The normalized spacial score (nSPS) is 24.4. The Morgan fingerprint density at radius 3 is 2.94 bits per heavy atom. The third-order valence-electron chi connectivity index (χ3n) is 3.81. The van der Waals surface area contributed by atoms with Gasteiger partial charge in [0.05, 0.1) is 24.1 Å². The molecule has 0 saturated carbocycles. The minimum atomic E-state index is 0.411. The van der Waals surface area contributed by atoms with Crippen molar-refractivity contribution in [3.63, 3.8) is 0 Å². The molecule has 3 rings (SSSR count). The Labute approximate surface area is 103 Å². The molecule has 2 atom stereocenters. The molecule has 0 amide bonds. The van der Waals surface area contributed by atoms with Gasteiger partial charge in [-0.1, -0.05) is 36.4 Å². The van der Waals surface area contributed by atoms with Gasteiger partial charge in [-0.15, -0.1) is 0 Å². The zero-order chi connectivity index (χ0) is 11.7. The second-order valence-corrected chi connectivity index (χ2v) is 4.85. The number of hydrogen-bond donors (Lipinski definition) is 0. The van der Waals surface area contributed by atoms with Gasteiger partial charge in [-0.25, -0.2) is 4.99 Å². The summed E-state index contributed by atoms with van der Waals surface area (Å²) in [5.41, 5.74) is 2.64. The van der Waals surface area contributed by atoms with E-state index in [-0.39, 0.29) is 0 Å². The highest BCUT2D eigenvalue weighted by Crippen LogP contribution is 2.33. The van der Waals surface area contributed by atoms with E-state index in [2.05, 4.69) is 53.2 Å². The van der Waals surface area contributed by atoms with Gasteiger partial charge in [0.2, 0.25) is 0 Å². The molecule has 2 aliphatic rings. The fraction of sp³-hybridized carbons (Fsp3) is 0.400. The van der Waals surface area contributed by atoms with Crippen LogP contribution in [-0.2, 0) is 0 Å². The summed E-state index contributed by atoms with van der Waals surface area (Å²) in [6.45, 7) is 2.26. The van der Waals surface area contributed by atoms with Crippen LogP contribution in [0, 0.1) is 0 Å². The first-order valence-electron chi connectivity index (χ1n) is 6.43. The van der Waals surface area contributed by atoms with Crippen molar-refractivity contribution in [1.82, 2.24) is 4.90 Å². The summed E-state index contributed by atoms with van der Waals surface area (Å²) in [4.78, 5) is 6.95. The first kappa shape index (κ1) is 10.6. The molecule has 0 N–H and O–H groups in total. The Morgan fingerprint density at radius 2 is 2.12 bits per heavy atom. The molecule has 1 aromatic carbocycles. The highest BCUT2D eigenvalue weighted by Gasteiger charge is 2.30. The summed E-state index contributed by atoms with van der Waals surface area (Å²) < 4.78 is 0. The van der Waals surface area contributed by atoms with Crippen molar-refractivity contribution in [2.24, 2.45) is 4.99 Å². The largest absolute Gasteiger partial charge is 0.347 e. The zero-order valence-corrected chi connectivity index (χ0v) is 10.2. The number of benzene rings is 1. The van der Waals surface area contributed by atoms with E-state index in [9.17, 15) is 0 Å². The van der Waals surface area contributed by atoms with Crippen LogP contribution in [0.1, 0.15) is 37.8 Å². The molecule has 0 spiro atoms. The van der Waals surface area contributed by atoms with Gasteiger partial charge >= 0.3 is 0 Å². The van der Waals surface area contributed by atoms with Crippen LogP contribution < -0.4 is 0 Å². The summed E-state index contributed by atoms with van der Waals surface area (Å²) in [5.74, 6) is 0. The molecule has 0 fully saturated rings. The highest BCUT2D eigenvalue weighted by atomic mass is 15.3. The third-order valence-corrected chi connectivity index (χ3v) is 3.81. The first-order valence-corrected chi connectivity index (χ1v) is 6.43. The molecule has 0 bridgehead atoms. The van der Waals surface area contributed by atoms with Crippen LogP contribution in [0.2, 0.25) is 0 Å². The maximum atomic E-state index is 4.55. The molecule has 1 heterocycles. The van der Waals surface area contributed by atoms with Crippen LogP contribution >= 0.6 is 0 Å². The lowest BCUT2D eigenvalue weighted by atomic mass is 9.97. The smallest absolute Gasteiger partial charge is 0.0919 e. The Kier molecular flexibility index (Phi) is 2.71. The van der Waals surface area contributed by atoms with Crippen LogP contribution in [0.5, 0.6) is 0 Å². The molecule has 88 valence electrons. The molecule has 1 aliphatic heterocycles. The lowest BCUT2D eigenvalue weighted by Gasteiger charge is -2.32. The molecule has 17 heavy (non-hydrogen) atoms. The number of nitrogens with zero attached hydrogens (tertiary/aromatic N) is 2. The van der Waals surface area contributed by atoms with Crippen molar-refractivity contribution < 1.29 is 0 Å². The van der Waals surface area contributed by atoms with Gasteiger partial charge in [0, 0.05) is 0 Å². The van der Waals surface area contributed by atoms with Gasteiger partial charge in [0.25, 0.3) is 0 Å². The maximum Gasteiger partial charge on any atom is 0.0919 e. The van der Waals surface area contributed by atoms with Crippen molar-refractivity contribution in [2.45, 2.75) is 38.3 Å². The highest BCUT2D eigenvalue weighted by molar-refractivity contribution is 5.63. The molecular weight excluding hydrogens is 208 g/mol. The predicted octanol–water partition coefficient (Wildman–Crippen LogP) is 3.53. The Morgan fingerprint density at radius 1 is 1.29 bits per heavy atom. The molecule has 2 nitrogen and oxygen atoms in total. The van der Waals surface area contributed by atoms with E-state index in [1.165, 1.54) is 30.5 Å². The van der Waals surface area contributed by atoms with Crippen LogP contribution in [-0.4, -0.2) is 17.3 Å². The van der Waals surface area contributed by atoms with Crippen LogP contribution in [0.15, 0.2) is 47.1 Å². The zero-order valence-electron chi connectivity index (χ0n) is 10.2. The molecule has 1 aromatic rings. The Hall–Kier alpha value is -1.57. The van der Waals surface area contributed by atoms with Gasteiger partial charge in [-0.05, 0) is 31.7 Å². The summed E-state index contributed by atoms with van der Waals surface area (Å²) in [6.07, 6.45) is 8.04. The van der Waals surface area contributed by atoms with E-state index >= 15 is 0 Å². The summed E-state index contributed by atoms with van der Waals surface area (Å²) in [6, 6.07) is 11.6. The Bertz CT molecular complexity index is 447. The van der Waals surface area contributed by atoms with E-state index in [4.69, 9.17) is 0 Å². The molecule has 2 heteroatoms. The van der Waals surface area contributed by atoms with Crippen LogP contribution in [0.25, 0.3) is 0 Å². The van der Waals surface area contributed by atoms with Crippen molar-refractivity contribution in [1.29, 1.82) is 0 Å². The minimum absolute atomic E-state index is 0.411. The van der Waals surface area contributed by atoms with Crippen molar-refractivity contribution >= 4 is 6.34 Å². The molecule has 2 unspecified atom stereocenters. The summed E-state index contributed by atoms with van der Waals surface area (Å²) in [7, 11) is 0. The number of hydrogen-bond acceptors (Lipinski definition) is 2. The van der Waals surface area contributed by atoms with E-state index < -0.39 is 0 Å². The van der Waals surface area contributed by atoms with Gasteiger partial charge in [-0.2, -0.15) is 0 Å². The topological polar surface area (TPSA) is 15.6 Å². The van der Waals surface area contributed by atoms with E-state index in [0.29, 0.717) is 12.1 Å². The molecule has 1 aliphatic carbocycles. The fourth-order valence-corrected chi connectivity index (χ4v) is 2.77. The van der Waals surface area contributed by atoms with Crippen molar-refractivity contribution in [3.8, 4) is 0 Å². The molecule has 0 aromatic heterocycles. The van der Waals surface area contributed by atoms with Gasteiger partial charge in [0.15, 0.2) is 0 Å². The number of aliphatic imine (C=N–C) groups is 1. The summed E-state index contributed by atoms with van der Waals surface area (Å²) in [5, 5.41) is 0. The lowest BCUT2D eigenvalue weighted by molar-refractivity contribution is 0.280. The van der Waals surface area contributed by atoms with Crippen LogP contribution in [0.4, 0.5) is 0 Å². The van der Waals surface area contributed by atoms with Gasteiger partial charge < -0.3 is 4.90 Å². The van der Waals surface area contributed by atoms with E-state index in [0.717, 1.165) is 0 Å². The standard InChI is InChI=1S/C15H18N2/c1-12(13-7-3-2-4-8-13)17-11-16-14-9-5-6-10-15(14)17/h2-4,7-9,11-12,15H,5-6,10H2,1H3. The van der Waals surface area contributed by atoms with Crippen LogP contribution in [0.3, 0.4) is 0 Å². The number of fused-ring (bicyclic) bond motifs is 1. The SMILES string of the molecule is CC(c1ccccc1)N1C=NC2=CCCCC21. The van der Waals surface area contributed by atoms with Crippen molar-refractivity contribution in [3.05, 3.63) is 47.7 Å². The van der Waals surface area contributed by atoms with E-state index in [1.54, 1.807) is 0 Å². The fourth-order valence-electron chi connectivity index (χ4n) is 2.77. The molecular formula is C15H18N2. The van der Waals surface area contributed by atoms with Crippen molar-refractivity contribution in [2.75, 3.05) is 0 Å². The second-order valence-electron chi connectivity index (χ2n) is 4.85. The predicted molar refractivity (Wildman–Crippen MR) is 70.9 cm³/mol. The average molecular weight is 226 g/mol. The first-order chi connectivity index (χ1) is 8.36. The molecule has 0 saturated heterocycles. The Balaban J connectivity index is 1.84. The second kappa shape index (κ2) is 4.36. The monoisotopic (exact) mass is 226 g/mol. The number of allylic oxidation sites excluding steroid dienone is 1. The minimum Gasteiger partial charge on any atom is -0.347 e. The third kappa shape index (κ3) is 1.88.